The van der Waals surface area contributed by atoms with Crippen molar-refractivity contribution in [1.29, 1.82) is 0 Å². The van der Waals surface area contributed by atoms with Gasteiger partial charge >= 0.3 is 6.02 Å². The number of amidine groups is 1. The summed E-state index contributed by atoms with van der Waals surface area (Å²) in [4.78, 5) is 12.8. The monoisotopic (exact) mass is 329 g/mol. The highest BCUT2D eigenvalue weighted by Gasteiger charge is 2.38. The predicted octanol–water partition coefficient (Wildman–Crippen LogP) is 4.76. The van der Waals surface area contributed by atoms with Crippen molar-refractivity contribution < 1.29 is 4.84 Å². The first-order valence-corrected chi connectivity index (χ1v) is 8.27. The highest BCUT2D eigenvalue weighted by Crippen LogP contribution is 2.36. The minimum Gasteiger partial charge on any atom is -0.365 e. The van der Waals surface area contributed by atoms with Gasteiger partial charge in [-0.1, -0.05) is 66.7 Å². The van der Waals surface area contributed by atoms with E-state index in [-0.39, 0.29) is 6.17 Å². The molecule has 4 rings (SSSR count). The Labute approximate surface area is 147 Å². The van der Waals surface area contributed by atoms with Gasteiger partial charge in [0, 0.05) is 12.7 Å². The molecule has 1 unspecified atom stereocenters. The summed E-state index contributed by atoms with van der Waals surface area (Å²) in [5.74, 6) is 0. The first-order valence-electron chi connectivity index (χ1n) is 8.27. The Bertz CT molecular complexity index is 850. The maximum Gasteiger partial charge on any atom is 0.319 e. The molecule has 1 atom stereocenters. The van der Waals surface area contributed by atoms with Crippen LogP contribution in [0.25, 0.3) is 0 Å². The van der Waals surface area contributed by atoms with Gasteiger partial charge in [-0.2, -0.15) is 4.99 Å². The van der Waals surface area contributed by atoms with Gasteiger partial charge in [0.25, 0.3) is 0 Å². The van der Waals surface area contributed by atoms with Crippen molar-refractivity contribution in [2.45, 2.75) is 6.17 Å². The summed E-state index contributed by atoms with van der Waals surface area (Å²) >= 11 is 0. The van der Waals surface area contributed by atoms with E-state index in [0.29, 0.717) is 6.02 Å². The lowest BCUT2D eigenvalue weighted by Crippen LogP contribution is -2.30. The molecule has 0 amide bonds. The molecule has 3 aromatic carbocycles. The quantitative estimate of drug-likeness (QED) is 0.694. The van der Waals surface area contributed by atoms with E-state index in [1.807, 2.05) is 78.8 Å². The molecular weight excluding hydrogens is 310 g/mol. The molecule has 0 spiro atoms. The SMILES string of the molecule is CN1OC(=Nc2ccccc2)N(c2ccccc2)C1c1ccccc1. The molecule has 0 aromatic heterocycles. The van der Waals surface area contributed by atoms with E-state index in [0.717, 1.165) is 16.9 Å². The van der Waals surface area contributed by atoms with Crippen LogP contribution < -0.4 is 4.90 Å². The number of benzene rings is 3. The molecule has 1 aliphatic heterocycles. The minimum absolute atomic E-state index is 0.0777. The van der Waals surface area contributed by atoms with Crippen LogP contribution in [0, 0.1) is 0 Å². The first kappa shape index (κ1) is 15.4. The van der Waals surface area contributed by atoms with Crippen LogP contribution in [0.1, 0.15) is 11.7 Å². The molecule has 0 aliphatic carbocycles. The molecule has 1 fully saturated rings. The molecule has 0 saturated carbocycles. The van der Waals surface area contributed by atoms with Gasteiger partial charge in [0.2, 0.25) is 0 Å². The summed E-state index contributed by atoms with van der Waals surface area (Å²) in [5.41, 5.74) is 3.04. The van der Waals surface area contributed by atoms with Crippen LogP contribution >= 0.6 is 0 Å². The van der Waals surface area contributed by atoms with Crippen LogP contribution in [-0.2, 0) is 4.84 Å². The molecule has 3 aromatic rings. The van der Waals surface area contributed by atoms with Gasteiger partial charge in [0.1, 0.15) is 0 Å². The van der Waals surface area contributed by atoms with E-state index in [9.17, 15) is 0 Å². The highest BCUT2D eigenvalue weighted by molar-refractivity contribution is 5.95. The fourth-order valence-corrected chi connectivity index (χ4v) is 3.00. The molecule has 4 nitrogen and oxygen atoms in total. The third kappa shape index (κ3) is 3.12. The van der Waals surface area contributed by atoms with E-state index in [1.165, 1.54) is 0 Å². The van der Waals surface area contributed by atoms with Crippen molar-refractivity contribution in [3.05, 3.63) is 96.6 Å². The van der Waals surface area contributed by atoms with Gasteiger partial charge in [-0.25, -0.2) is 0 Å². The molecule has 1 aliphatic rings. The topological polar surface area (TPSA) is 28.1 Å². The third-order valence-corrected chi connectivity index (χ3v) is 4.13. The number of anilines is 1. The molecular formula is C21H19N3O. The second-order valence-corrected chi connectivity index (χ2v) is 5.86. The zero-order valence-electron chi connectivity index (χ0n) is 14.0. The molecule has 0 N–H and O–H groups in total. The number of nitrogens with zero attached hydrogens (tertiary/aromatic N) is 3. The van der Waals surface area contributed by atoms with Gasteiger partial charge in [0.05, 0.1) is 5.69 Å². The van der Waals surface area contributed by atoms with E-state index in [1.54, 1.807) is 0 Å². The second kappa shape index (κ2) is 6.79. The summed E-state index contributed by atoms with van der Waals surface area (Å²) in [6.07, 6.45) is -0.0777. The van der Waals surface area contributed by atoms with Crippen molar-refractivity contribution in [1.82, 2.24) is 5.06 Å². The molecule has 4 heteroatoms. The van der Waals surface area contributed by atoms with Crippen LogP contribution in [0.15, 0.2) is 96.0 Å². The maximum absolute atomic E-state index is 6.01. The lowest BCUT2D eigenvalue weighted by Gasteiger charge is -2.25. The van der Waals surface area contributed by atoms with E-state index in [2.05, 4.69) is 29.2 Å². The zero-order valence-corrected chi connectivity index (χ0v) is 14.0. The van der Waals surface area contributed by atoms with Crippen LogP contribution in [0.2, 0.25) is 0 Å². The van der Waals surface area contributed by atoms with E-state index in [4.69, 9.17) is 9.83 Å². The average Bonchev–Trinajstić information content (AvgIpc) is 2.99. The standard InChI is InChI=1S/C21H19N3O/c1-23-20(17-11-5-2-6-12-17)24(19-15-9-4-10-16-19)21(25-23)22-18-13-7-3-8-14-18/h2-16,20H,1H3. The Morgan fingerprint density at radius 2 is 1.32 bits per heavy atom. The highest BCUT2D eigenvalue weighted by atomic mass is 16.7. The summed E-state index contributed by atoms with van der Waals surface area (Å²) in [6, 6.07) is 30.9. The fourth-order valence-electron chi connectivity index (χ4n) is 3.00. The average molecular weight is 329 g/mol. The summed E-state index contributed by atoms with van der Waals surface area (Å²) in [5, 5.41) is 1.84. The Hall–Kier alpha value is -3.11. The van der Waals surface area contributed by atoms with Crippen molar-refractivity contribution >= 4 is 17.4 Å². The summed E-state index contributed by atoms with van der Waals surface area (Å²) in [7, 11) is 1.93. The summed E-state index contributed by atoms with van der Waals surface area (Å²) in [6.45, 7) is 0. The van der Waals surface area contributed by atoms with E-state index >= 15 is 0 Å². The predicted molar refractivity (Wildman–Crippen MR) is 100 cm³/mol. The number of aliphatic imine (C=N–C) groups is 1. The molecule has 0 bridgehead atoms. The molecule has 0 radical (unpaired) electrons. The lowest BCUT2D eigenvalue weighted by molar-refractivity contribution is -0.0493. The summed E-state index contributed by atoms with van der Waals surface area (Å²) < 4.78 is 0. The Balaban J connectivity index is 1.81. The Morgan fingerprint density at radius 1 is 0.760 bits per heavy atom. The first-order chi connectivity index (χ1) is 12.3. The van der Waals surface area contributed by atoms with E-state index < -0.39 is 0 Å². The third-order valence-electron chi connectivity index (χ3n) is 4.13. The van der Waals surface area contributed by atoms with Crippen molar-refractivity contribution in [3.8, 4) is 0 Å². The van der Waals surface area contributed by atoms with Crippen LogP contribution in [0.3, 0.4) is 0 Å². The minimum atomic E-state index is -0.0777. The van der Waals surface area contributed by atoms with Gasteiger partial charge < -0.3 is 4.84 Å². The fraction of sp³-hybridized carbons (Fsp3) is 0.0952. The van der Waals surface area contributed by atoms with Gasteiger partial charge in [-0.15, -0.1) is 5.06 Å². The Morgan fingerprint density at radius 3 is 1.96 bits per heavy atom. The largest absolute Gasteiger partial charge is 0.365 e. The second-order valence-electron chi connectivity index (χ2n) is 5.86. The number of hydrogen-bond acceptors (Lipinski definition) is 3. The molecule has 25 heavy (non-hydrogen) atoms. The number of para-hydroxylation sites is 2. The zero-order chi connectivity index (χ0) is 17.1. The normalized spacial score (nSPS) is 19.2. The van der Waals surface area contributed by atoms with Crippen molar-refractivity contribution in [3.63, 3.8) is 0 Å². The van der Waals surface area contributed by atoms with Crippen LogP contribution in [0.4, 0.5) is 11.4 Å². The van der Waals surface area contributed by atoms with Gasteiger partial charge in [-0.05, 0) is 29.8 Å². The maximum atomic E-state index is 6.01. The number of hydroxylamine groups is 2. The number of rotatable bonds is 3. The molecule has 124 valence electrons. The molecule has 1 heterocycles. The van der Waals surface area contributed by atoms with Gasteiger partial charge in [0.15, 0.2) is 6.17 Å². The smallest absolute Gasteiger partial charge is 0.319 e. The van der Waals surface area contributed by atoms with Crippen molar-refractivity contribution in [2.75, 3.05) is 11.9 Å². The van der Waals surface area contributed by atoms with Gasteiger partial charge in [-0.3, -0.25) is 4.90 Å². The number of hydrogen-bond donors (Lipinski definition) is 0. The lowest BCUT2D eigenvalue weighted by atomic mass is 10.1. The van der Waals surface area contributed by atoms with Crippen molar-refractivity contribution in [2.24, 2.45) is 4.99 Å². The Kier molecular flexibility index (Phi) is 4.19. The molecule has 1 saturated heterocycles. The van der Waals surface area contributed by atoms with Crippen LogP contribution in [-0.4, -0.2) is 18.1 Å². The van der Waals surface area contributed by atoms with Crippen LogP contribution in [0.5, 0.6) is 0 Å².